The summed E-state index contributed by atoms with van der Waals surface area (Å²) in [5, 5.41) is 5.81. The summed E-state index contributed by atoms with van der Waals surface area (Å²) in [5.41, 5.74) is 1.66. The number of hydrogen-bond donors (Lipinski definition) is 3. The summed E-state index contributed by atoms with van der Waals surface area (Å²) in [6.07, 6.45) is 4.22. The van der Waals surface area contributed by atoms with Gasteiger partial charge in [-0.05, 0) is 12.8 Å². The number of imidazole rings is 1. The summed E-state index contributed by atoms with van der Waals surface area (Å²) in [6, 6.07) is -0.510. The normalized spacial score (nSPS) is 20.6. The van der Waals surface area contributed by atoms with Crippen molar-refractivity contribution < 1.29 is 13.2 Å². The fourth-order valence-corrected chi connectivity index (χ4v) is 4.37. The third-order valence-electron chi connectivity index (χ3n) is 4.13. The van der Waals surface area contributed by atoms with Crippen molar-refractivity contribution in [1.29, 1.82) is 0 Å². The lowest BCUT2D eigenvalue weighted by molar-refractivity contribution is -0.123. The average Bonchev–Trinajstić information content (AvgIpc) is 3.17. The van der Waals surface area contributed by atoms with Gasteiger partial charge in [0, 0.05) is 38.3 Å². The van der Waals surface area contributed by atoms with Crippen molar-refractivity contribution in [2.75, 3.05) is 31.9 Å². The highest BCUT2D eigenvalue weighted by atomic mass is 35.5. The Hall–Kier alpha value is -0.870. The Morgan fingerprint density at radius 1 is 1.33 bits per heavy atom. The molecule has 1 aromatic rings. The standard InChI is InChI=1S/C13H21N5O3S.2ClH/c19-13(12-11-10(3-4-14-12)16-9-17-11)15-5-8-22(20,21)18-6-1-2-7-18;;/h9,12,14H,1-8H2,(H,15,19)(H,16,17);2*1H. The summed E-state index contributed by atoms with van der Waals surface area (Å²) in [6.45, 7) is 2.00. The van der Waals surface area contributed by atoms with Gasteiger partial charge in [0.25, 0.3) is 0 Å². The number of rotatable bonds is 5. The summed E-state index contributed by atoms with van der Waals surface area (Å²) in [5.74, 6) is -0.288. The zero-order chi connectivity index (χ0) is 15.6. The molecule has 8 nitrogen and oxygen atoms in total. The molecule has 1 aromatic heterocycles. The van der Waals surface area contributed by atoms with Gasteiger partial charge >= 0.3 is 0 Å². The quantitative estimate of drug-likeness (QED) is 0.644. The van der Waals surface area contributed by atoms with Crippen LogP contribution in [0.2, 0.25) is 0 Å². The molecule has 11 heteroatoms. The van der Waals surface area contributed by atoms with Gasteiger partial charge in [-0.2, -0.15) is 0 Å². The molecule has 0 radical (unpaired) electrons. The van der Waals surface area contributed by atoms with E-state index in [9.17, 15) is 13.2 Å². The van der Waals surface area contributed by atoms with Crippen molar-refractivity contribution in [3.8, 4) is 0 Å². The van der Waals surface area contributed by atoms with E-state index in [4.69, 9.17) is 0 Å². The average molecular weight is 400 g/mol. The van der Waals surface area contributed by atoms with E-state index in [-0.39, 0.29) is 43.0 Å². The van der Waals surface area contributed by atoms with Crippen molar-refractivity contribution in [3.63, 3.8) is 0 Å². The Morgan fingerprint density at radius 3 is 2.75 bits per heavy atom. The first-order valence-electron chi connectivity index (χ1n) is 7.59. The van der Waals surface area contributed by atoms with Crippen molar-refractivity contribution in [2.24, 2.45) is 0 Å². The number of hydrogen-bond acceptors (Lipinski definition) is 5. The van der Waals surface area contributed by atoms with Crippen molar-refractivity contribution >= 4 is 40.7 Å². The minimum Gasteiger partial charge on any atom is -0.353 e. The summed E-state index contributed by atoms with van der Waals surface area (Å²) in [7, 11) is -3.26. The van der Waals surface area contributed by atoms with Crippen LogP contribution in [-0.2, 0) is 21.2 Å². The molecule has 2 aliphatic heterocycles. The molecule has 3 heterocycles. The first kappa shape index (κ1) is 21.2. The van der Waals surface area contributed by atoms with Gasteiger partial charge < -0.3 is 15.6 Å². The van der Waals surface area contributed by atoms with Gasteiger partial charge in [-0.1, -0.05) is 0 Å². The predicted octanol–water partition coefficient (Wildman–Crippen LogP) is -0.0181. The number of nitrogens with one attached hydrogen (secondary N) is 3. The number of carbonyl (C=O) groups is 1. The molecule has 0 aromatic carbocycles. The number of fused-ring (bicyclic) bond motifs is 1. The van der Waals surface area contributed by atoms with Crippen LogP contribution in [-0.4, -0.2) is 60.5 Å². The molecular weight excluding hydrogens is 377 g/mol. The molecule has 0 bridgehead atoms. The van der Waals surface area contributed by atoms with Crippen molar-refractivity contribution in [3.05, 3.63) is 17.7 Å². The van der Waals surface area contributed by atoms with E-state index in [2.05, 4.69) is 20.6 Å². The summed E-state index contributed by atoms with van der Waals surface area (Å²) < 4.78 is 25.7. The molecule has 1 atom stereocenters. The highest BCUT2D eigenvalue weighted by Gasteiger charge is 2.29. The second kappa shape index (κ2) is 9.00. The fourth-order valence-electron chi connectivity index (χ4n) is 2.94. The lowest BCUT2D eigenvalue weighted by Crippen LogP contribution is -2.43. The summed E-state index contributed by atoms with van der Waals surface area (Å²) in [4.78, 5) is 19.4. The van der Waals surface area contributed by atoms with Gasteiger partial charge in [0.15, 0.2) is 0 Å². The van der Waals surface area contributed by atoms with E-state index in [1.54, 1.807) is 6.33 Å². The zero-order valence-corrected chi connectivity index (χ0v) is 15.6. The van der Waals surface area contributed by atoms with Crippen LogP contribution in [0.3, 0.4) is 0 Å². The number of nitrogens with zero attached hydrogens (tertiary/aromatic N) is 2. The Balaban J connectivity index is 0.00000144. The van der Waals surface area contributed by atoms with E-state index in [0.717, 1.165) is 25.0 Å². The molecule has 1 fully saturated rings. The molecule has 138 valence electrons. The second-order valence-corrected chi connectivity index (χ2v) is 7.71. The van der Waals surface area contributed by atoms with Crippen LogP contribution in [0.25, 0.3) is 0 Å². The van der Waals surface area contributed by atoms with Crippen LogP contribution in [0, 0.1) is 0 Å². The molecule has 24 heavy (non-hydrogen) atoms. The molecule has 1 saturated heterocycles. The Labute approximate surface area is 154 Å². The molecule has 1 amide bonds. The number of sulfonamides is 1. The van der Waals surface area contributed by atoms with Gasteiger partial charge in [0.1, 0.15) is 6.04 Å². The molecule has 0 aliphatic carbocycles. The molecule has 3 N–H and O–H groups in total. The number of amides is 1. The minimum absolute atomic E-state index is 0. The predicted molar refractivity (Wildman–Crippen MR) is 95.1 cm³/mol. The monoisotopic (exact) mass is 399 g/mol. The third kappa shape index (κ3) is 4.60. The van der Waals surface area contributed by atoms with Crippen LogP contribution in [0.15, 0.2) is 6.33 Å². The van der Waals surface area contributed by atoms with E-state index < -0.39 is 16.1 Å². The smallest absolute Gasteiger partial charge is 0.243 e. The van der Waals surface area contributed by atoms with Gasteiger partial charge in [0.05, 0.1) is 17.8 Å². The number of carbonyl (C=O) groups excluding carboxylic acids is 1. The second-order valence-electron chi connectivity index (χ2n) is 5.62. The molecule has 2 aliphatic rings. The van der Waals surface area contributed by atoms with Gasteiger partial charge in [-0.15, -0.1) is 24.8 Å². The Kier molecular flexibility index (Phi) is 7.94. The number of H-pyrrole nitrogens is 1. The minimum atomic E-state index is -3.26. The van der Waals surface area contributed by atoms with Gasteiger partial charge in [-0.3, -0.25) is 4.79 Å². The third-order valence-corrected chi connectivity index (χ3v) is 6.00. The lowest BCUT2D eigenvalue weighted by atomic mass is 10.1. The van der Waals surface area contributed by atoms with Gasteiger partial charge in [0.2, 0.25) is 15.9 Å². The topological polar surface area (TPSA) is 107 Å². The van der Waals surface area contributed by atoms with E-state index >= 15 is 0 Å². The Morgan fingerprint density at radius 2 is 2.04 bits per heavy atom. The van der Waals surface area contributed by atoms with Crippen LogP contribution in [0.1, 0.15) is 30.3 Å². The molecule has 0 spiro atoms. The first-order valence-corrected chi connectivity index (χ1v) is 9.20. The van der Waals surface area contributed by atoms with Crippen LogP contribution in [0.4, 0.5) is 0 Å². The highest BCUT2D eigenvalue weighted by Crippen LogP contribution is 2.19. The lowest BCUT2D eigenvalue weighted by Gasteiger charge is -2.22. The SMILES string of the molecule is Cl.Cl.O=C(NCCS(=O)(=O)N1CCCC1)C1NCCc2[nH]cnc21. The number of halogens is 2. The van der Waals surface area contributed by atoms with Crippen LogP contribution < -0.4 is 10.6 Å². The van der Waals surface area contributed by atoms with Crippen LogP contribution >= 0.6 is 24.8 Å². The van der Waals surface area contributed by atoms with Crippen LogP contribution in [0.5, 0.6) is 0 Å². The van der Waals surface area contributed by atoms with Gasteiger partial charge in [-0.25, -0.2) is 17.7 Å². The van der Waals surface area contributed by atoms with Crippen molar-refractivity contribution in [1.82, 2.24) is 24.9 Å². The van der Waals surface area contributed by atoms with E-state index in [1.165, 1.54) is 4.31 Å². The molecular formula is C13H23Cl2N5O3S. The highest BCUT2D eigenvalue weighted by molar-refractivity contribution is 7.89. The Bertz CT molecular complexity index is 646. The largest absolute Gasteiger partial charge is 0.353 e. The molecule has 3 rings (SSSR count). The first-order chi connectivity index (χ1) is 10.6. The van der Waals surface area contributed by atoms with Crippen molar-refractivity contribution in [2.45, 2.75) is 25.3 Å². The maximum atomic E-state index is 12.2. The molecule has 0 saturated carbocycles. The molecule has 1 unspecified atom stereocenters. The maximum absolute atomic E-state index is 12.2. The number of aromatic amines is 1. The maximum Gasteiger partial charge on any atom is 0.243 e. The number of aromatic nitrogens is 2. The summed E-state index contributed by atoms with van der Waals surface area (Å²) >= 11 is 0. The zero-order valence-electron chi connectivity index (χ0n) is 13.2. The fraction of sp³-hybridized carbons (Fsp3) is 0.692. The van der Waals surface area contributed by atoms with E-state index in [0.29, 0.717) is 25.3 Å². The van der Waals surface area contributed by atoms with E-state index in [1.807, 2.05) is 0 Å².